The predicted octanol–water partition coefficient (Wildman–Crippen LogP) is 14.4. The molecule has 244 valence electrons. The molecular weight excluding hydrogens is 629 g/mol. The minimum atomic E-state index is -0.235. The summed E-state index contributed by atoms with van der Waals surface area (Å²) in [5, 5.41) is 9.81. The minimum absolute atomic E-state index is 0.235. The van der Waals surface area contributed by atoms with E-state index in [0.29, 0.717) is 0 Å². The molecule has 0 spiro atoms. The number of furan rings is 1. The first-order chi connectivity index (χ1) is 25.6. The third-order valence-corrected chi connectivity index (χ3v) is 11.6. The van der Waals surface area contributed by atoms with Gasteiger partial charge in [0, 0.05) is 27.1 Å². The molecule has 0 amide bonds. The van der Waals surface area contributed by atoms with Crippen molar-refractivity contribution in [3.05, 3.63) is 181 Å². The van der Waals surface area contributed by atoms with E-state index in [1.165, 1.54) is 93.3 Å². The Morgan fingerprint density at radius 3 is 1.63 bits per heavy atom. The Morgan fingerprint density at radius 1 is 0.365 bits per heavy atom. The molecule has 1 aliphatic rings. The zero-order valence-corrected chi connectivity index (χ0v) is 29.1. The lowest BCUT2D eigenvalue weighted by atomic mass is 9.80. The molecule has 0 bridgehead atoms. The Kier molecular flexibility index (Phi) is 6.08. The van der Waals surface area contributed by atoms with Gasteiger partial charge in [-0.2, -0.15) is 0 Å². The van der Waals surface area contributed by atoms with Crippen molar-refractivity contribution in [2.45, 2.75) is 19.3 Å². The second kappa shape index (κ2) is 10.8. The Bertz CT molecular complexity index is 3030. The summed E-state index contributed by atoms with van der Waals surface area (Å²) in [5.41, 5.74) is 14.4. The Labute approximate surface area is 302 Å². The van der Waals surface area contributed by atoms with Crippen LogP contribution in [0, 0.1) is 0 Å². The quantitative estimate of drug-likeness (QED) is 0.172. The normalized spacial score (nSPS) is 13.3. The van der Waals surface area contributed by atoms with E-state index in [9.17, 15) is 0 Å². The van der Waals surface area contributed by atoms with E-state index in [1.807, 2.05) is 0 Å². The monoisotopic (exact) mass is 662 g/mol. The molecule has 1 heterocycles. The molecule has 0 fully saturated rings. The highest BCUT2D eigenvalue weighted by molar-refractivity contribution is 6.21. The summed E-state index contributed by atoms with van der Waals surface area (Å²) in [6, 6.07) is 62.3. The third kappa shape index (κ3) is 4.05. The number of benzene rings is 9. The van der Waals surface area contributed by atoms with Gasteiger partial charge in [0.05, 0.1) is 0 Å². The van der Waals surface area contributed by atoms with E-state index in [1.54, 1.807) is 0 Å². The van der Waals surface area contributed by atoms with E-state index in [4.69, 9.17) is 4.42 Å². The van der Waals surface area contributed by atoms with Gasteiger partial charge in [0.2, 0.25) is 0 Å². The van der Waals surface area contributed by atoms with Crippen LogP contribution in [0.25, 0.3) is 98.8 Å². The second-order valence-electron chi connectivity index (χ2n) is 14.8. The Hall–Kier alpha value is -6.44. The average molecular weight is 663 g/mol. The molecule has 0 saturated heterocycles. The van der Waals surface area contributed by atoms with Crippen molar-refractivity contribution in [1.29, 1.82) is 0 Å². The van der Waals surface area contributed by atoms with Crippen LogP contribution < -0.4 is 0 Å². The topological polar surface area (TPSA) is 13.1 Å². The molecule has 52 heavy (non-hydrogen) atoms. The van der Waals surface area contributed by atoms with E-state index in [-0.39, 0.29) is 5.41 Å². The maximum atomic E-state index is 6.86. The summed E-state index contributed by atoms with van der Waals surface area (Å²) >= 11 is 0. The predicted molar refractivity (Wildman–Crippen MR) is 220 cm³/mol. The molecule has 0 radical (unpaired) electrons. The summed E-state index contributed by atoms with van der Waals surface area (Å²) in [4.78, 5) is 0. The number of fused-ring (bicyclic) bond motifs is 11. The molecule has 10 aromatic rings. The summed E-state index contributed by atoms with van der Waals surface area (Å²) in [6.07, 6.45) is 0. The van der Waals surface area contributed by atoms with Gasteiger partial charge in [0.15, 0.2) is 0 Å². The zero-order valence-electron chi connectivity index (χ0n) is 29.1. The van der Waals surface area contributed by atoms with Gasteiger partial charge in [-0.1, -0.05) is 159 Å². The highest BCUT2D eigenvalue weighted by Gasteiger charge is 2.39. The van der Waals surface area contributed by atoms with Gasteiger partial charge in [-0.15, -0.1) is 0 Å². The van der Waals surface area contributed by atoms with Crippen LogP contribution in [0.4, 0.5) is 0 Å². The molecule has 0 atom stereocenters. The summed E-state index contributed by atoms with van der Waals surface area (Å²) in [6.45, 7) is 4.71. The van der Waals surface area contributed by atoms with Gasteiger partial charge < -0.3 is 4.42 Å². The summed E-state index contributed by atoms with van der Waals surface area (Å²) < 4.78 is 6.86. The van der Waals surface area contributed by atoms with Gasteiger partial charge in [-0.3, -0.25) is 0 Å². The number of hydrogen-bond acceptors (Lipinski definition) is 1. The molecule has 1 aliphatic carbocycles. The Morgan fingerprint density at radius 2 is 0.904 bits per heavy atom. The molecule has 9 aromatic carbocycles. The number of rotatable bonds is 3. The van der Waals surface area contributed by atoms with Crippen LogP contribution in [0.2, 0.25) is 0 Å². The molecule has 1 nitrogen and oxygen atoms in total. The van der Waals surface area contributed by atoms with Crippen LogP contribution in [0.1, 0.15) is 25.0 Å². The first-order valence-electron chi connectivity index (χ1n) is 18.2. The fourth-order valence-electron chi connectivity index (χ4n) is 9.23. The minimum Gasteiger partial charge on any atom is -0.455 e. The van der Waals surface area contributed by atoms with Gasteiger partial charge in [-0.05, 0) is 101 Å². The molecule has 0 N–H and O–H groups in total. The number of hydrogen-bond donors (Lipinski definition) is 0. The van der Waals surface area contributed by atoms with Crippen LogP contribution in [-0.2, 0) is 5.41 Å². The van der Waals surface area contributed by atoms with Crippen molar-refractivity contribution >= 4 is 54.3 Å². The van der Waals surface area contributed by atoms with Crippen molar-refractivity contribution in [2.24, 2.45) is 0 Å². The van der Waals surface area contributed by atoms with Crippen molar-refractivity contribution in [3.63, 3.8) is 0 Å². The maximum Gasteiger partial charge on any atom is 0.143 e. The summed E-state index contributed by atoms with van der Waals surface area (Å²) in [5.74, 6) is 0. The largest absolute Gasteiger partial charge is 0.455 e. The van der Waals surface area contributed by atoms with E-state index < -0.39 is 0 Å². The molecule has 0 saturated carbocycles. The van der Waals surface area contributed by atoms with Gasteiger partial charge >= 0.3 is 0 Å². The smallest absolute Gasteiger partial charge is 0.143 e. The highest BCUT2D eigenvalue weighted by Crippen LogP contribution is 2.54. The van der Waals surface area contributed by atoms with Crippen LogP contribution in [0.5, 0.6) is 0 Å². The van der Waals surface area contributed by atoms with Gasteiger partial charge in [0.25, 0.3) is 0 Å². The van der Waals surface area contributed by atoms with Crippen LogP contribution in [0.3, 0.4) is 0 Å². The van der Waals surface area contributed by atoms with E-state index >= 15 is 0 Å². The maximum absolute atomic E-state index is 6.86. The van der Waals surface area contributed by atoms with Crippen molar-refractivity contribution in [3.8, 4) is 44.5 Å². The fraction of sp³-hybridized carbons (Fsp3) is 0.0588. The lowest BCUT2D eigenvalue weighted by molar-refractivity contribution is 0.621. The standard InChI is InChI=1S/C51H34O/c1-51(2)45-30-34(24-25-37(45)42-27-28-44-43-26-23-31-13-6-7-18-36(31)49(43)52-50(44)48(42)51)33-16-12-17-35(29-33)47-40-21-10-8-19-38(40)46(32-14-4-3-5-15-32)39-20-9-11-22-41(39)47/h3-30H,1-2H3. The zero-order chi connectivity index (χ0) is 34.6. The molecular formula is C51H34O. The molecule has 1 aromatic heterocycles. The van der Waals surface area contributed by atoms with Crippen LogP contribution >= 0.6 is 0 Å². The van der Waals surface area contributed by atoms with E-state index in [0.717, 1.165) is 16.6 Å². The fourth-order valence-corrected chi connectivity index (χ4v) is 9.23. The molecule has 11 rings (SSSR count). The summed E-state index contributed by atoms with van der Waals surface area (Å²) in [7, 11) is 0. The lowest BCUT2D eigenvalue weighted by Crippen LogP contribution is -2.15. The first-order valence-corrected chi connectivity index (χ1v) is 18.2. The van der Waals surface area contributed by atoms with Gasteiger partial charge in [0.1, 0.15) is 11.2 Å². The second-order valence-corrected chi connectivity index (χ2v) is 14.8. The van der Waals surface area contributed by atoms with E-state index in [2.05, 4.69) is 184 Å². The molecule has 1 heteroatoms. The first kappa shape index (κ1) is 29.3. The van der Waals surface area contributed by atoms with Crippen molar-refractivity contribution < 1.29 is 4.42 Å². The van der Waals surface area contributed by atoms with Gasteiger partial charge in [-0.25, -0.2) is 0 Å². The molecule has 0 aliphatic heterocycles. The van der Waals surface area contributed by atoms with Crippen molar-refractivity contribution in [2.75, 3.05) is 0 Å². The highest BCUT2D eigenvalue weighted by atomic mass is 16.3. The van der Waals surface area contributed by atoms with Crippen LogP contribution in [-0.4, -0.2) is 0 Å². The lowest BCUT2D eigenvalue weighted by Gasteiger charge is -2.22. The molecule has 0 unspecified atom stereocenters. The SMILES string of the molecule is CC1(C)c2cc(-c3cccc(-c4c5ccccc5c(-c5ccccc5)c5ccccc45)c3)ccc2-c2ccc3c(oc4c5ccccc5ccc34)c21. The van der Waals surface area contributed by atoms with Crippen LogP contribution in [0.15, 0.2) is 174 Å². The average Bonchev–Trinajstić information content (AvgIpc) is 3.69. The third-order valence-electron chi connectivity index (χ3n) is 11.6. The Balaban J connectivity index is 1.07. The van der Waals surface area contributed by atoms with Crippen molar-refractivity contribution in [1.82, 2.24) is 0 Å².